The third kappa shape index (κ3) is 76.7. The summed E-state index contributed by atoms with van der Waals surface area (Å²) in [5.41, 5.74) is 0. The lowest BCUT2D eigenvalue weighted by Gasteiger charge is -2.26. The number of hydrogen-bond acceptors (Lipinski definition) is 8. The molecule has 0 bridgehead atoms. The Morgan fingerprint density at radius 3 is 0.860 bits per heavy atom. The standard InChI is InChI=1S/C84H159NO8/c1-6-8-10-12-14-16-18-20-22-24-26-28-30-32-34-36-38-40-41-43-44-46-48-50-52-54-56-58-60-62-64-66-68-70-72-74-81(86)91-78-80(79-92-84(83(88)89)90-77-76-85(3,4)5)93-82(87)75-73-71-69-67-65-63-61-59-57-55-53-51-49-47-45-42-39-37-35-33-31-29-27-25-23-21-19-17-15-13-11-9-7-2/h19,21,25,27,31,33,80,84H,6-18,20,22-24,26,28-30,32,34-79H2,1-5H3/b21-19-,27-25-,33-31-. The number of hydrogen-bond donors (Lipinski definition) is 0. The number of carbonyl (C=O) groups is 3. The van der Waals surface area contributed by atoms with Crippen molar-refractivity contribution in [3.8, 4) is 0 Å². The molecule has 93 heavy (non-hydrogen) atoms. The number of unbranched alkanes of at least 4 members (excludes halogenated alkanes) is 57. The summed E-state index contributed by atoms with van der Waals surface area (Å²) >= 11 is 0. The van der Waals surface area contributed by atoms with E-state index in [4.69, 9.17) is 18.9 Å². The van der Waals surface area contributed by atoms with Crippen molar-refractivity contribution < 1.29 is 42.9 Å². The first-order valence-corrected chi connectivity index (χ1v) is 41.1. The van der Waals surface area contributed by atoms with Crippen LogP contribution in [0.5, 0.6) is 0 Å². The van der Waals surface area contributed by atoms with Gasteiger partial charge in [-0.3, -0.25) is 9.59 Å². The summed E-state index contributed by atoms with van der Waals surface area (Å²) in [6, 6.07) is 0. The molecule has 0 aromatic carbocycles. The van der Waals surface area contributed by atoms with E-state index in [1.807, 2.05) is 21.1 Å². The number of carboxylic acids is 1. The smallest absolute Gasteiger partial charge is 0.306 e. The molecule has 0 heterocycles. The Labute approximate surface area is 579 Å². The SMILES string of the molecule is CCCCCCC/C=C\C/C=C\C/C=C\CCCCCCCCCCCCCCCCCCCCC(=O)OC(COC(=O)CCCCCCCCCCCCCCCCCCCCCCCCCCCCCCCCCCCCC)COC(OCC[N+](C)(C)C)C(=O)[O-]. The van der Waals surface area contributed by atoms with E-state index in [0.29, 0.717) is 17.4 Å². The molecule has 0 aliphatic rings. The van der Waals surface area contributed by atoms with Crippen LogP contribution in [0.25, 0.3) is 0 Å². The molecule has 2 unspecified atom stereocenters. The van der Waals surface area contributed by atoms with Crippen molar-refractivity contribution >= 4 is 17.9 Å². The number of carboxylic acid groups (broad SMARTS) is 1. The minimum absolute atomic E-state index is 0.151. The minimum Gasteiger partial charge on any atom is -0.545 e. The highest BCUT2D eigenvalue weighted by Gasteiger charge is 2.22. The summed E-state index contributed by atoms with van der Waals surface area (Å²) in [5, 5.41) is 11.9. The maximum absolute atomic E-state index is 13.0. The van der Waals surface area contributed by atoms with Crippen LogP contribution < -0.4 is 5.11 Å². The molecule has 0 radical (unpaired) electrons. The molecule has 0 aliphatic carbocycles. The molecule has 0 aromatic heterocycles. The van der Waals surface area contributed by atoms with Crippen LogP contribution in [0.1, 0.15) is 425 Å². The molecule has 0 amide bonds. The topological polar surface area (TPSA) is 111 Å². The molecule has 2 atom stereocenters. The molecule has 9 heteroatoms. The highest BCUT2D eigenvalue weighted by molar-refractivity contribution is 5.70. The zero-order chi connectivity index (χ0) is 67.5. The van der Waals surface area contributed by atoms with Gasteiger partial charge in [-0.05, 0) is 51.4 Å². The lowest BCUT2D eigenvalue weighted by Crippen LogP contribution is -2.44. The van der Waals surface area contributed by atoms with Crippen LogP contribution in [0.4, 0.5) is 0 Å². The molecule has 0 N–H and O–H groups in total. The molecule has 9 nitrogen and oxygen atoms in total. The van der Waals surface area contributed by atoms with Crippen molar-refractivity contribution in [1.29, 1.82) is 0 Å². The highest BCUT2D eigenvalue weighted by Crippen LogP contribution is 2.20. The van der Waals surface area contributed by atoms with Gasteiger partial charge in [0.25, 0.3) is 0 Å². The van der Waals surface area contributed by atoms with Crippen LogP contribution in [0, 0.1) is 0 Å². The quantitative estimate of drug-likeness (QED) is 0.0195. The fourth-order valence-electron chi connectivity index (χ4n) is 12.6. The first-order chi connectivity index (χ1) is 45.6. The second kappa shape index (κ2) is 75.3. The number of rotatable bonds is 78. The monoisotopic (exact) mass is 1310 g/mol. The van der Waals surface area contributed by atoms with Crippen molar-refractivity contribution in [2.45, 2.75) is 437 Å². The maximum Gasteiger partial charge on any atom is 0.306 e. The molecule has 0 aliphatic heterocycles. The van der Waals surface area contributed by atoms with E-state index < -0.39 is 24.3 Å². The summed E-state index contributed by atoms with van der Waals surface area (Å²) in [5.74, 6) is -2.25. The summed E-state index contributed by atoms with van der Waals surface area (Å²) in [6.07, 6.45) is 94.3. The second-order valence-corrected chi connectivity index (χ2v) is 29.4. The lowest BCUT2D eigenvalue weighted by molar-refractivity contribution is -0.870. The van der Waals surface area contributed by atoms with Crippen LogP contribution in [-0.4, -0.2) is 82.3 Å². The molecule has 0 saturated heterocycles. The molecule has 548 valence electrons. The molecule has 0 spiro atoms. The number of allylic oxidation sites excluding steroid dienone is 6. The van der Waals surface area contributed by atoms with Gasteiger partial charge in [-0.15, -0.1) is 0 Å². The Kier molecular flexibility index (Phi) is 73.3. The van der Waals surface area contributed by atoms with Gasteiger partial charge in [0.2, 0.25) is 0 Å². The zero-order valence-electron chi connectivity index (χ0n) is 62.9. The molecule has 0 fully saturated rings. The fourth-order valence-corrected chi connectivity index (χ4v) is 12.6. The van der Waals surface area contributed by atoms with Gasteiger partial charge < -0.3 is 33.3 Å². The Morgan fingerprint density at radius 1 is 0.323 bits per heavy atom. The first-order valence-electron chi connectivity index (χ1n) is 41.1. The molecular formula is C84H159NO8. The molecular weight excluding hydrogens is 1150 g/mol. The van der Waals surface area contributed by atoms with Gasteiger partial charge in [-0.1, -0.05) is 397 Å². The zero-order valence-corrected chi connectivity index (χ0v) is 62.9. The van der Waals surface area contributed by atoms with Crippen molar-refractivity contribution in [1.82, 2.24) is 0 Å². The number of likely N-dealkylation sites (N-methyl/N-ethyl adjacent to an activating group) is 1. The van der Waals surface area contributed by atoms with Gasteiger partial charge in [0.1, 0.15) is 13.2 Å². The largest absolute Gasteiger partial charge is 0.545 e. The fraction of sp³-hybridized carbons (Fsp3) is 0.893. The van der Waals surface area contributed by atoms with Crippen LogP contribution >= 0.6 is 0 Å². The van der Waals surface area contributed by atoms with Gasteiger partial charge >= 0.3 is 11.9 Å². The Balaban J connectivity index is 3.96. The van der Waals surface area contributed by atoms with Gasteiger partial charge in [-0.25, -0.2) is 0 Å². The van der Waals surface area contributed by atoms with Crippen molar-refractivity contribution in [2.75, 3.05) is 47.5 Å². The van der Waals surface area contributed by atoms with Crippen molar-refractivity contribution in [2.24, 2.45) is 0 Å². The summed E-state index contributed by atoms with van der Waals surface area (Å²) in [7, 11) is 5.95. The summed E-state index contributed by atoms with van der Waals surface area (Å²) < 4.78 is 22.9. The average molecular weight is 1310 g/mol. The Hall–Kier alpha value is -2.49. The van der Waals surface area contributed by atoms with Gasteiger partial charge in [0.15, 0.2) is 12.4 Å². The van der Waals surface area contributed by atoms with Crippen LogP contribution in [0.2, 0.25) is 0 Å². The van der Waals surface area contributed by atoms with Crippen molar-refractivity contribution in [3.63, 3.8) is 0 Å². The van der Waals surface area contributed by atoms with Crippen LogP contribution in [-0.2, 0) is 33.3 Å². The van der Waals surface area contributed by atoms with E-state index in [0.717, 1.165) is 51.4 Å². The number of aliphatic carboxylic acids is 1. The van der Waals surface area contributed by atoms with E-state index in [1.165, 1.54) is 347 Å². The number of esters is 2. The van der Waals surface area contributed by atoms with Crippen LogP contribution in [0.3, 0.4) is 0 Å². The van der Waals surface area contributed by atoms with Crippen molar-refractivity contribution in [3.05, 3.63) is 36.5 Å². The lowest BCUT2D eigenvalue weighted by atomic mass is 10.0. The third-order valence-corrected chi connectivity index (χ3v) is 18.9. The summed E-state index contributed by atoms with van der Waals surface area (Å²) in [4.78, 5) is 37.6. The third-order valence-electron chi connectivity index (χ3n) is 18.9. The second-order valence-electron chi connectivity index (χ2n) is 29.4. The maximum atomic E-state index is 13.0. The van der Waals surface area contributed by atoms with E-state index in [-0.39, 0.29) is 32.2 Å². The molecule has 0 saturated carbocycles. The first kappa shape index (κ1) is 90.5. The predicted octanol–water partition coefficient (Wildman–Crippen LogP) is 24.9. The van der Waals surface area contributed by atoms with E-state index >= 15 is 0 Å². The number of carbonyl (C=O) groups excluding carboxylic acids is 3. The summed E-state index contributed by atoms with van der Waals surface area (Å²) in [6.45, 7) is 4.82. The Morgan fingerprint density at radius 2 is 0.581 bits per heavy atom. The van der Waals surface area contributed by atoms with Crippen LogP contribution in [0.15, 0.2) is 36.5 Å². The minimum atomic E-state index is -1.62. The number of ether oxygens (including phenoxy) is 4. The Bertz CT molecular complexity index is 1620. The van der Waals surface area contributed by atoms with E-state index in [1.54, 1.807) is 0 Å². The van der Waals surface area contributed by atoms with Gasteiger partial charge in [-0.2, -0.15) is 0 Å². The average Bonchev–Trinajstić information content (AvgIpc) is 3.74. The predicted molar refractivity (Wildman–Crippen MR) is 399 cm³/mol. The molecule has 0 rings (SSSR count). The van der Waals surface area contributed by atoms with E-state index in [2.05, 4.69) is 50.3 Å². The molecule has 0 aromatic rings. The normalized spacial score (nSPS) is 12.7. The van der Waals surface area contributed by atoms with E-state index in [9.17, 15) is 19.5 Å². The highest BCUT2D eigenvalue weighted by atomic mass is 16.7. The number of quaternary nitrogens is 1. The number of nitrogens with zero attached hydrogens (tertiary/aromatic N) is 1. The van der Waals surface area contributed by atoms with Gasteiger partial charge in [0.05, 0.1) is 40.3 Å². The van der Waals surface area contributed by atoms with Gasteiger partial charge in [0, 0.05) is 12.8 Å².